The topological polar surface area (TPSA) is 73.3 Å². The maximum absolute atomic E-state index is 12.5. The van der Waals surface area contributed by atoms with Gasteiger partial charge in [-0.1, -0.05) is 91.0 Å². The van der Waals surface area contributed by atoms with Crippen LogP contribution in [0.3, 0.4) is 0 Å². The molecule has 196 valence electrons. The van der Waals surface area contributed by atoms with Crippen LogP contribution in [0.1, 0.15) is 41.3 Å². The van der Waals surface area contributed by atoms with Gasteiger partial charge < -0.3 is 9.47 Å². The van der Waals surface area contributed by atoms with E-state index in [4.69, 9.17) is 9.47 Å². The van der Waals surface area contributed by atoms with E-state index in [-0.39, 0.29) is 17.6 Å². The number of aryl methyl sites for hydroxylation is 1. The molecule has 1 aliphatic heterocycles. The van der Waals surface area contributed by atoms with Crippen molar-refractivity contribution in [1.82, 2.24) is 9.55 Å². The fraction of sp³-hybridized carbons (Fsp3) is 0.290. The Labute approximate surface area is 227 Å². The van der Waals surface area contributed by atoms with E-state index in [2.05, 4.69) is 54.0 Å². The fourth-order valence-electron chi connectivity index (χ4n) is 5.35. The Hall–Kier alpha value is -3.39. The fourth-order valence-corrected chi connectivity index (χ4v) is 5.74. The van der Waals surface area contributed by atoms with E-state index in [9.17, 15) is 9.59 Å². The average Bonchev–Trinajstić information content (AvgIpc) is 3.37. The van der Waals surface area contributed by atoms with E-state index in [1.165, 1.54) is 4.57 Å². The zero-order valence-electron chi connectivity index (χ0n) is 21.3. The van der Waals surface area contributed by atoms with Crippen LogP contribution < -0.4 is 11.2 Å². The molecule has 1 fully saturated rings. The van der Waals surface area contributed by atoms with Crippen molar-refractivity contribution < 1.29 is 9.47 Å². The van der Waals surface area contributed by atoms with Crippen molar-refractivity contribution in [3.05, 3.63) is 140 Å². The number of hydrogen-bond donors (Lipinski definition) is 2. The van der Waals surface area contributed by atoms with Gasteiger partial charge in [0.05, 0.1) is 12.7 Å². The van der Waals surface area contributed by atoms with Gasteiger partial charge in [0.2, 0.25) is 0 Å². The molecular formula is C31H32N2O4S. The van der Waals surface area contributed by atoms with Crippen molar-refractivity contribution in [3.63, 3.8) is 0 Å². The summed E-state index contributed by atoms with van der Waals surface area (Å²) in [4.78, 5) is 26.7. The van der Waals surface area contributed by atoms with Gasteiger partial charge in [0.15, 0.2) is 0 Å². The predicted octanol–water partition coefficient (Wildman–Crippen LogP) is 5.08. The highest BCUT2D eigenvalue weighted by Gasteiger charge is 2.39. The van der Waals surface area contributed by atoms with Crippen molar-refractivity contribution in [2.75, 3.05) is 12.4 Å². The quantitative estimate of drug-likeness (QED) is 0.235. The number of rotatable bonds is 9. The highest BCUT2D eigenvalue weighted by molar-refractivity contribution is 7.80. The number of H-pyrrole nitrogens is 1. The first-order valence-electron chi connectivity index (χ1n) is 12.9. The minimum Gasteiger partial charge on any atom is -0.361 e. The van der Waals surface area contributed by atoms with Crippen LogP contribution in [0.4, 0.5) is 0 Å². The van der Waals surface area contributed by atoms with Crippen molar-refractivity contribution in [2.24, 2.45) is 5.92 Å². The lowest BCUT2D eigenvalue weighted by molar-refractivity contribution is -0.0438. The van der Waals surface area contributed by atoms with Gasteiger partial charge in [-0.3, -0.25) is 14.3 Å². The molecule has 0 spiro atoms. The van der Waals surface area contributed by atoms with Crippen LogP contribution >= 0.6 is 12.6 Å². The summed E-state index contributed by atoms with van der Waals surface area (Å²) in [6, 6.07) is 30.8. The van der Waals surface area contributed by atoms with Crippen molar-refractivity contribution >= 4 is 12.6 Å². The van der Waals surface area contributed by atoms with Gasteiger partial charge in [-0.2, -0.15) is 12.6 Å². The predicted molar refractivity (Wildman–Crippen MR) is 152 cm³/mol. The Kier molecular flexibility index (Phi) is 7.98. The Morgan fingerprint density at radius 1 is 0.921 bits per heavy atom. The lowest BCUT2D eigenvalue weighted by Crippen LogP contribution is -2.34. The molecule has 3 atom stereocenters. The Bertz CT molecular complexity index is 1360. The third kappa shape index (κ3) is 5.14. The first-order chi connectivity index (χ1) is 18.5. The molecule has 0 radical (unpaired) electrons. The number of aromatic nitrogens is 2. The molecule has 6 nitrogen and oxygen atoms in total. The highest BCUT2D eigenvalue weighted by atomic mass is 32.1. The molecule has 3 aromatic carbocycles. The summed E-state index contributed by atoms with van der Waals surface area (Å²) in [5.41, 5.74) is 1.97. The number of thiol groups is 1. The number of hydrogen-bond acceptors (Lipinski definition) is 5. The van der Waals surface area contributed by atoms with Crippen LogP contribution in [-0.2, 0) is 15.1 Å². The van der Waals surface area contributed by atoms with Gasteiger partial charge in [0.25, 0.3) is 5.56 Å². The van der Waals surface area contributed by atoms with Crippen LogP contribution in [-0.4, -0.2) is 28.0 Å². The molecule has 5 rings (SSSR count). The van der Waals surface area contributed by atoms with Crippen LogP contribution in [0.2, 0.25) is 0 Å². The monoisotopic (exact) mass is 528 g/mol. The lowest BCUT2D eigenvalue weighted by Gasteiger charge is -2.36. The third-order valence-electron chi connectivity index (χ3n) is 7.31. The molecule has 0 bridgehead atoms. The SMILES string of the molecule is Cc1cn([C@H]2C[C@H](CS)[C@@H](CCOC(c3ccccc3)(c3ccccc3)c3ccccc3)O2)c(=O)[nH]c1=O. The van der Waals surface area contributed by atoms with Crippen LogP contribution in [0.25, 0.3) is 0 Å². The number of benzene rings is 3. The molecular weight excluding hydrogens is 496 g/mol. The highest BCUT2D eigenvalue weighted by Crippen LogP contribution is 2.41. The minimum absolute atomic E-state index is 0.142. The molecule has 2 heterocycles. The summed E-state index contributed by atoms with van der Waals surface area (Å²) in [5, 5.41) is 0. The normalized spacial score (nSPS) is 19.5. The first-order valence-corrected chi connectivity index (χ1v) is 13.5. The van der Waals surface area contributed by atoms with Gasteiger partial charge in [-0.05, 0) is 48.1 Å². The maximum Gasteiger partial charge on any atom is 0.330 e. The molecule has 4 aromatic rings. The summed E-state index contributed by atoms with van der Waals surface area (Å²) in [6.07, 6.45) is 2.25. The van der Waals surface area contributed by atoms with Gasteiger partial charge >= 0.3 is 5.69 Å². The smallest absolute Gasteiger partial charge is 0.330 e. The van der Waals surface area contributed by atoms with Gasteiger partial charge in [-0.15, -0.1) is 0 Å². The summed E-state index contributed by atoms with van der Waals surface area (Å²) >= 11 is 4.58. The van der Waals surface area contributed by atoms with Gasteiger partial charge in [0.1, 0.15) is 11.8 Å². The second-order valence-corrected chi connectivity index (χ2v) is 10.1. The zero-order chi connectivity index (χ0) is 26.5. The molecule has 1 saturated heterocycles. The third-order valence-corrected chi connectivity index (χ3v) is 7.78. The largest absolute Gasteiger partial charge is 0.361 e. The molecule has 38 heavy (non-hydrogen) atoms. The van der Waals surface area contributed by atoms with Crippen LogP contribution in [0.5, 0.6) is 0 Å². The Morgan fingerprint density at radius 3 is 1.95 bits per heavy atom. The van der Waals surface area contributed by atoms with E-state index in [0.29, 0.717) is 30.8 Å². The second kappa shape index (κ2) is 11.6. The standard InChI is InChI=1S/C31H32N2O4S/c1-22-20-33(30(35)32-29(22)34)28-19-23(21-38)27(37-28)17-18-36-31(24-11-5-2-6-12-24,25-13-7-3-8-14-25)26-15-9-4-10-16-26/h2-16,20,23,27-28,38H,17-19,21H2,1H3,(H,32,34,35)/t23-,27-,28-/m1/s1. The first kappa shape index (κ1) is 26.2. The van der Waals surface area contributed by atoms with E-state index < -0.39 is 17.5 Å². The molecule has 0 aliphatic carbocycles. The average molecular weight is 529 g/mol. The summed E-state index contributed by atoms with van der Waals surface area (Å²) in [7, 11) is 0. The number of aromatic amines is 1. The molecule has 7 heteroatoms. The van der Waals surface area contributed by atoms with Gasteiger partial charge in [0, 0.05) is 11.8 Å². The number of ether oxygens (including phenoxy) is 2. The van der Waals surface area contributed by atoms with E-state index in [1.807, 2.05) is 54.6 Å². The van der Waals surface area contributed by atoms with Crippen molar-refractivity contribution in [1.29, 1.82) is 0 Å². The van der Waals surface area contributed by atoms with E-state index in [0.717, 1.165) is 16.7 Å². The Balaban J connectivity index is 1.43. The summed E-state index contributed by atoms with van der Waals surface area (Å²) < 4.78 is 14.8. The lowest BCUT2D eigenvalue weighted by atomic mass is 9.80. The zero-order valence-corrected chi connectivity index (χ0v) is 22.2. The molecule has 0 amide bonds. The van der Waals surface area contributed by atoms with Gasteiger partial charge in [-0.25, -0.2) is 4.79 Å². The molecule has 0 saturated carbocycles. The minimum atomic E-state index is -0.800. The number of nitrogens with zero attached hydrogens (tertiary/aromatic N) is 1. The second-order valence-electron chi connectivity index (χ2n) is 9.70. The van der Waals surface area contributed by atoms with Crippen LogP contribution in [0.15, 0.2) is 107 Å². The molecule has 1 N–H and O–H groups in total. The summed E-state index contributed by atoms with van der Waals surface area (Å²) in [6.45, 7) is 2.11. The van der Waals surface area contributed by atoms with Crippen molar-refractivity contribution in [3.8, 4) is 0 Å². The molecule has 0 unspecified atom stereocenters. The molecule has 1 aliphatic rings. The van der Waals surface area contributed by atoms with E-state index >= 15 is 0 Å². The van der Waals surface area contributed by atoms with Crippen LogP contribution in [0, 0.1) is 12.8 Å². The summed E-state index contributed by atoms with van der Waals surface area (Å²) in [5.74, 6) is 0.769. The number of nitrogens with one attached hydrogen (secondary N) is 1. The molecule has 1 aromatic heterocycles. The van der Waals surface area contributed by atoms with E-state index in [1.54, 1.807) is 13.1 Å². The maximum atomic E-state index is 12.5. The van der Waals surface area contributed by atoms with Crippen molar-refractivity contribution in [2.45, 2.75) is 37.7 Å². The Morgan fingerprint density at radius 2 is 1.45 bits per heavy atom.